The molecule has 0 radical (unpaired) electrons. The smallest absolute Gasteiger partial charge is 0.747 e. The Hall–Kier alpha value is 0.360. The van der Waals surface area contributed by atoms with Crippen molar-refractivity contribution >= 4 is 16.1 Å². The van der Waals surface area contributed by atoms with E-state index in [0.717, 1.165) is 24.3 Å². The number of carbonyl (C=O) groups is 1. The first-order valence-electron chi connectivity index (χ1n) is 3.77. The van der Waals surface area contributed by atoms with Crippen molar-refractivity contribution in [3.8, 4) is 5.75 Å². The topological polar surface area (TPSA) is 149 Å². The van der Waals surface area contributed by atoms with Crippen molar-refractivity contribution in [3.63, 3.8) is 0 Å². The number of aliphatic carboxylic acids is 1. The minimum absolute atomic E-state index is 0. The average Bonchev–Trinajstić information content (AvgIpc) is 2.05. The van der Waals surface area contributed by atoms with Gasteiger partial charge in [0.2, 0.25) is 0 Å². The van der Waals surface area contributed by atoms with Gasteiger partial charge in [-0.15, -0.1) is 0 Å². The first-order chi connectivity index (χ1) is 6.82. The molecule has 0 aliphatic carbocycles. The summed E-state index contributed by atoms with van der Waals surface area (Å²) in [7, 11) is -5.02. The molecule has 18 heavy (non-hydrogen) atoms. The zero-order valence-electron chi connectivity index (χ0n) is 9.78. The first-order valence-corrected chi connectivity index (χ1v) is 5.24. The number of hydrogen-bond acceptors (Lipinski definition) is 6. The summed E-state index contributed by atoms with van der Waals surface area (Å²) in [5.74, 6) is -2.16. The molecule has 0 heterocycles. The molecule has 0 aliphatic heterocycles. The summed E-state index contributed by atoms with van der Waals surface area (Å²) in [4.78, 5) is 10.5. The van der Waals surface area contributed by atoms with Gasteiger partial charge < -0.3 is 25.0 Å². The van der Waals surface area contributed by atoms with Crippen LogP contribution in [0.5, 0.6) is 5.75 Å². The SMILES string of the molecule is O.O=C([O-])C(c1ccc(O)cc1)S(=O)(=O)[O-].[Na+].[Na+]. The minimum Gasteiger partial charge on any atom is -0.747 e. The molecule has 1 rings (SSSR count). The van der Waals surface area contributed by atoms with Gasteiger partial charge in [-0.3, -0.25) is 0 Å². The summed E-state index contributed by atoms with van der Waals surface area (Å²) < 4.78 is 31.9. The largest absolute Gasteiger partial charge is 1.00 e. The fourth-order valence-corrected chi connectivity index (χ4v) is 1.80. The van der Waals surface area contributed by atoms with E-state index in [1.54, 1.807) is 0 Å². The molecule has 0 saturated heterocycles. The van der Waals surface area contributed by atoms with Crippen LogP contribution in [0.1, 0.15) is 10.8 Å². The molecule has 0 bridgehead atoms. The number of carboxylic acid groups (broad SMARTS) is 1. The van der Waals surface area contributed by atoms with Gasteiger partial charge >= 0.3 is 59.1 Å². The molecule has 1 atom stereocenters. The number of carbonyl (C=O) groups excluding carboxylic acids is 1. The number of carboxylic acids is 1. The number of rotatable bonds is 3. The molecule has 0 amide bonds. The number of phenolic OH excluding ortho intramolecular Hbond substituents is 1. The van der Waals surface area contributed by atoms with Crippen LogP contribution in [0, 0.1) is 0 Å². The van der Waals surface area contributed by atoms with E-state index < -0.39 is 21.3 Å². The number of phenols is 1. The van der Waals surface area contributed by atoms with Crippen LogP contribution in [0.2, 0.25) is 0 Å². The molecule has 3 N–H and O–H groups in total. The zero-order chi connectivity index (χ0) is 11.6. The molecular formula is C8H8Na2O7S. The van der Waals surface area contributed by atoms with Gasteiger partial charge in [0, 0.05) is 0 Å². The van der Waals surface area contributed by atoms with Gasteiger partial charge in [0.1, 0.15) is 21.1 Å². The van der Waals surface area contributed by atoms with E-state index in [9.17, 15) is 22.9 Å². The normalized spacial score (nSPS) is 11.2. The number of hydrogen-bond donors (Lipinski definition) is 1. The van der Waals surface area contributed by atoms with Gasteiger partial charge in [-0.25, -0.2) is 8.42 Å². The molecule has 0 saturated carbocycles. The molecule has 1 unspecified atom stereocenters. The Morgan fingerprint density at radius 3 is 1.83 bits per heavy atom. The summed E-state index contributed by atoms with van der Waals surface area (Å²) in [5, 5.41) is 17.1. The van der Waals surface area contributed by atoms with E-state index in [4.69, 9.17) is 5.11 Å². The van der Waals surface area contributed by atoms with E-state index in [-0.39, 0.29) is 75.9 Å². The van der Waals surface area contributed by atoms with E-state index in [1.807, 2.05) is 0 Å². The van der Waals surface area contributed by atoms with Crippen molar-refractivity contribution in [1.82, 2.24) is 0 Å². The summed E-state index contributed by atoms with van der Waals surface area (Å²) in [6.45, 7) is 0. The van der Waals surface area contributed by atoms with Crippen LogP contribution in [-0.4, -0.2) is 29.5 Å². The maximum Gasteiger partial charge on any atom is 1.00 e. The van der Waals surface area contributed by atoms with E-state index >= 15 is 0 Å². The fourth-order valence-electron chi connectivity index (χ4n) is 1.07. The average molecular weight is 294 g/mol. The number of aromatic hydroxyl groups is 1. The molecule has 0 fully saturated rings. The van der Waals surface area contributed by atoms with Gasteiger partial charge in [-0.2, -0.15) is 0 Å². The van der Waals surface area contributed by atoms with E-state index in [0.29, 0.717) is 0 Å². The van der Waals surface area contributed by atoms with Crippen LogP contribution >= 0.6 is 0 Å². The predicted molar refractivity (Wildman–Crippen MR) is 49.2 cm³/mol. The van der Waals surface area contributed by atoms with E-state index in [2.05, 4.69) is 0 Å². The summed E-state index contributed by atoms with van der Waals surface area (Å²) >= 11 is 0. The van der Waals surface area contributed by atoms with E-state index in [1.165, 1.54) is 0 Å². The van der Waals surface area contributed by atoms with Crippen molar-refractivity contribution in [2.24, 2.45) is 0 Å². The third-order valence-corrected chi connectivity index (χ3v) is 2.74. The molecule has 7 nitrogen and oxygen atoms in total. The predicted octanol–water partition coefficient (Wildman–Crippen LogP) is -8.09. The maximum absolute atomic E-state index is 10.6. The first kappa shape index (κ1) is 23.5. The molecule has 0 spiro atoms. The third-order valence-electron chi connectivity index (χ3n) is 1.70. The van der Waals surface area contributed by atoms with Crippen LogP contribution in [0.4, 0.5) is 0 Å². The molecule has 1 aromatic carbocycles. The van der Waals surface area contributed by atoms with Crippen LogP contribution < -0.4 is 64.2 Å². The van der Waals surface area contributed by atoms with Crippen LogP contribution in [-0.2, 0) is 14.9 Å². The second-order valence-electron chi connectivity index (χ2n) is 2.78. The molecule has 1 aromatic rings. The Morgan fingerprint density at radius 2 is 1.56 bits per heavy atom. The van der Waals surface area contributed by atoms with Gasteiger partial charge in [-0.1, -0.05) is 12.1 Å². The standard InChI is InChI=1S/C8H8O6S.2Na.H2O/c9-6-3-1-5(2-4-6)7(8(10)11)15(12,13)14;;;/h1-4,7,9H,(H,10,11)(H,12,13,14);;;1H2/q;2*+1;/p-2. The van der Waals surface area contributed by atoms with Crippen molar-refractivity contribution in [1.29, 1.82) is 0 Å². The summed E-state index contributed by atoms with van der Waals surface area (Å²) in [5.41, 5.74) is -0.247. The monoisotopic (exact) mass is 294 g/mol. The molecule has 0 aromatic heterocycles. The molecule has 0 aliphatic rings. The van der Waals surface area contributed by atoms with Gasteiger partial charge in [0.05, 0.1) is 5.97 Å². The number of benzene rings is 1. The van der Waals surface area contributed by atoms with Gasteiger partial charge in [0.15, 0.2) is 0 Å². The second-order valence-corrected chi connectivity index (χ2v) is 4.24. The van der Waals surface area contributed by atoms with Gasteiger partial charge in [-0.05, 0) is 17.7 Å². The molecule has 90 valence electrons. The fraction of sp³-hybridized carbons (Fsp3) is 0.125. The Labute approximate surface area is 148 Å². The van der Waals surface area contributed by atoms with Crippen LogP contribution in [0.25, 0.3) is 0 Å². The summed E-state index contributed by atoms with van der Waals surface area (Å²) in [6, 6.07) is 4.23. The van der Waals surface area contributed by atoms with Crippen LogP contribution in [0.15, 0.2) is 24.3 Å². The van der Waals surface area contributed by atoms with Crippen molar-refractivity contribution < 1.29 is 92.6 Å². The van der Waals surface area contributed by atoms with Crippen LogP contribution in [0.3, 0.4) is 0 Å². The molecular weight excluding hydrogens is 286 g/mol. The van der Waals surface area contributed by atoms with Crippen molar-refractivity contribution in [2.45, 2.75) is 5.25 Å². The minimum atomic E-state index is -5.02. The summed E-state index contributed by atoms with van der Waals surface area (Å²) in [6.07, 6.45) is 0. The third kappa shape index (κ3) is 6.50. The Balaban J connectivity index is -0.000000750. The Morgan fingerprint density at radius 1 is 1.17 bits per heavy atom. The van der Waals surface area contributed by atoms with Crippen molar-refractivity contribution in [2.75, 3.05) is 0 Å². The quantitative estimate of drug-likeness (QED) is 0.432. The zero-order valence-corrected chi connectivity index (χ0v) is 14.6. The Bertz CT molecular complexity index is 471. The molecule has 10 heteroatoms. The maximum atomic E-state index is 10.6. The second kappa shape index (κ2) is 9.29. The Kier molecular flexibility index (Phi) is 12.1. The van der Waals surface area contributed by atoms with Gasteiger partial charge in [0.25, 0.3) is 0 Å². The van der Waals surface area contributed by atoms with Crippen molar-refractivity contribution in [3.05, 3.63) is 29.8 Å².